The normalized spacial score (nSPS) is 13.7. The Morgan fingerprint density at radius 3 is 0.889 bits per heavy atom. The highest BCUT2D eigenvalue weighted by molar-refractivity contribution is 5.02. The van der Waals surface area contributed by atoms with Crippen LogP contribution in [0.25, 0.3) is 0 Å². The minimum Gasteiger partial charge on any atom is -0.103 e. The summed E-state index contributed by atoms with van der Waals surface area (Å²) in [5, 5.41) is 0. The van der Waals surface area contributed by atoms with Gasteiger partial charge in [-0.3, -0.25) is 0 Å². The van der Waals surface area contributed by atoms with E-state index in [0.717, 1.165) is 23.7 Å². The molecule has 0 heterocycles. The third kappa shape index (κ3) is 66.1. The molecular weight excluding hydrogens is 973 g/mol. The molecular formula is C81H154. The lowest BCUT2D eigenvalue weighted by Gasteiger charge is -2.22. The Bertz CT molecular complexity index is 1280. The Morgan fingerprint density at radius 1 is 0.259 bits per heavy atom. The largest absolute Gasteiger partial charge is 0.103 e. The highest BCUT2D eigenvalue weighted by Gasteiger charge is 2.15. The van der Waals surface area contributed by atoms with Crippen LogP contribution in [0.15, 0.2) is 61.3 Å². The number of hydrogen-bond acceptors (Lipinski definition) is 0. The van der Waals surface area contributed by atoms with E-state index in [1.54, 1.807) is 0 Å². The Morgan fingerprint density at radius 2 is 0.531 bits per heavy atom. The van der Waals surface area contributed by atoms with Gasteiger partial charge in [-0.15, -0.1) is 13.2 Å². The van der Waals surface area contributed by atoms with Crippen LogP contribution in [-0.2, 0) is 0 Å². The molecule has 0 aromatic rings. The summed E-state index contributed by atoms with van der Waals surface area (Å²) in [4.78, 5) is 0. The first-order valence-electron chi connectivity index (χ1n) is 38.2. The van der Waals surface area contributed by atoms with Crippen LogP contribution in [0.4, 0.5) is 0 Å². The second-order valence-electron chi connectivity index (χ2n) is 27.5. The van der Waals surface area contributed by atoms with Crippen LogP contribution in [0.3, 0.4) is 0 Å². The number of unbranched alkanes of at least 4 members (excludes halogenated alkanes) is 43. The first-order chi connectivity index (χ1) is 40.0. The molecule has 4 atom stereocenters. The lowest BCUT2D eigenvalue weighted by Crippen LogP contribution is -2.08. The fourth-order valence-corrected chi connectivity index (χ4v) is 13.2. The molecule has 0 aliphatic rings. The molecule has 0 nitrogen and oxygen atoms in total. The summed E-state index contributed by atoms with van der Waals surface area (Å²) in [7, 11) is 0. The van der Waals surface area contributed by atoms with Crippen LogP contribution in [0.5, 0.6) is 0 Å². The van der Waals surface area contributed by atoms with Gasteiger partial charge in [0.15, 0.2) is 0 Å². The maximum absolute atomic E-state index is 3.86. The van der Waals surface area contributed by atoms with E-state index in [-0.39, 0.29) is 0 Å². The van der Waals surface area contributed by atoms with Crippen LogP contribution in [0, 0.1) is 23.7 Å². The van der Waals surface area contributed by atoms with E-state index in [0.29, 0.717) is 0 Å². The zero-order valence-corrected chi connectivity index (χ0v) is 57.1. The topological polar surface area (TPSA) is 0 Å². The van der Waals surface area contributed by atoms with Gasteiger partial charge >= 0.3 is 0 Å². The van der Waals surface area contributed by atoms with Crippen LogP contribution in [0.1, 0.15) is 433 Å². The highest BCUT2D eigenvalue weighted by Crippen LogP contribution is 2.29. The minimum absolute atomic E-state index is 0.866. The Balaban J connectivity index is 4.57. The number of hydrogen-bond donors (Lipinski definition) is 0. The molecule has 81 heavy (non-hydrogen) atoms. The van der Waals surface area contributed by atoms with Gasteiger partial charge in [0.2, 0.25) is 0 Å². The lowest BCUT2D eigenvalue weighted by atomic mass is 9.84. The lowest BCUT2D eigenvalue weighted by molar-refractivity contribution is 0.308. The van der Waals surface area contributed by atoms with E-state index in [9.17, 15) is 0 Å². The van der Waals surface area contributed by atoms with E-state index in [2.05, 4.69) is 90.3 Å². The summed E-state index contributed by atoms with van der Waals surface area (Å²) >= 11 is 0. The molecule has 0 saturated carbocycles. The number of allylic oxidation sites excluding steroid dienone is 8. The van der Waals surface area contributed by atoms with Crippen molar-refractivity contribution < 1.29 is 0 Å². The van der Waals surface area contributed by atoms with Gasteiger partial charge in [0.1, 0.15) is 0 Å². The molecule has 0 aliphatic heterocycles. The van der Waals surface area contributed by atoms with Crippen molar-refractivity contribution in [3.8, 4) is 0 Å². The molecule has 0 aliphatic carbocycles. The summed E-state index contributed by atoms with van der Waals surface area (Å²) in [5.74, 6) is 3.61. The van der Waals surface area contributed by atoms with Crippen LogP contribution < -0.4 is 0 Å². The first-order valence-corrected chi connectivity index (χ1v) is 38.2. The molecule has 0 saturated heterocycles. The Hall–Kier alpha value is -1.30. The maximum atomic E-state index is 3.86. The van der Waals surface area contributed by atoms with Gasteiger partial charge in [-0.1, -0.05) is 359 Å². The van der Waals surface area contributed by atoms with E-state index < -0.39 is 0 Å². The molecule has 0 heteroatoms. The molecule has 4 unspecified atom stereocenters. The molecule has 0 fully saturated rings. The van der Waals surface area contributed by atoms with Gasteiger partial charge < -0.3 is 0 Å². The smallest absolute Gasteiger partial charge is 0.0320 e. The average molecular weight is 1130 g/mol. The van der Waals surface area contributed by atoms with Crippen molar-refractivity contribution in [2.24, 2.45) is 23.7 Å². The Labute approximate surface area is 514 Å². The van der Waals surface area contributed by atoms with Gasteiger partial charge in [-0.05, 0) is 146 Å². The monoisotopic (exact) mass is 1130 g/mol. The first kappa shape index (κ1) is 79.7. The van der Waals surface area contributed by atoms with Crippen molar-refractivity contribution in [3.05, 3.63) is 61.3 Å². The second kappa shape index (κ2) is 69.5. The quantitative estimate of drug-likeness (QED) is 0.0421. The Kier molecular flexibility index (Phi) is 68.4. The predicted molar refractivity (Wildman–Crippen MR) is 375 cm³/mol. The highest BCUT2D eigenvalue weighted by atomic mass is 14.2. The third-order valence-corrected chi connectivity index (χ3v) is 18.9. The van der Waals surface area contributed by atoms with Crippen molar-refractivity contribution in [2.45, 2.75) is 433 Å². The number of rotatable bonds is 70. The standard InChI is InChI=1S/C81H154/c1-8-12-16-20-23-26-29-32-35-38-39-42-45-48-51-54-58-62-74-81(73-61-55-19-15-11-4)76-79(7)70-64-68-77(5)66-63-67-78(6)69-65-75-80(71-59-56-52-49-46-43-40-36-33-30-27-24-21-17-13-9-2)72-60-57-53-50-47-44-41-37-34-31-28-25-22-18-14-10-3/h8-9,34,37,48,51,75,77-79,81H,1-2,10-33,35-36,38-47,49-50,52-74,76H2,3-7H3. The fourth-order valence-electron chi connectivity index (χ4n) is 13.2. The van der Waals surface area contributed by atoms with E-state index in [4.69, 9.17) is 0 Å². The molecule has 0 aromatic heterocycles. The molecule has 0 aromatic carbocycles. The summed E-state index contributed by atoms with van der Waals surface area (Å²) in [6, 6.07) is 0. The third-order valence-electron chi connectivity index (χ3n) is 18.9. The van der Waals surface area contributed by atoms with Crippen LogP contribution in [-0.4, -0.2) is 0 Å². The van der Waals surface area contributed by atoms with E-state index >= 15 is 0 Å². The van der Waals surface area contributed by atoms with Gasteiger partial charge in [-0.2, -0.15) is 0 Å². The van der Waals surface area contributed by atoms with Crippen molar-refractivity contribution in [1.29, 1.82) is 0 Å². The summed E-state index contributed by atoms with van der Waals surface area (Å²) in [5.41, 5.74) is 1.82. The second-order valence-corrected chi connectivity index (χ2v) is 27.5. The van der Waals surface area contributed by atoms with Crippen LogP contribution >= 0.6 is 0 Å². The molecule has 0 N–H and O–H groups in total. The molecule has 0 radical (unpaired) electrons. The SMILES string of the molecule is C=CCCCCCCCCCCCCC=CCCCCC(CCCCCCC)CC(C)CCCC(C)CCCC(C)CCC=C(CCCCCCCCC=CCCCCCCCC)CCCCCCCCCCCCCCCCC=C. The zero-order valence-electron chi connectivity index (χ0n) is 57.1. The summed E-state index contributed by atoms with van der Waals surface area (Å²) in [6.45, 7) is 20.1. The molecule has 0 spiro atoms. The van der Waals surface area contributed by atoms with Crippen molar-refractivity contribution in [2.75, 3.05) is 0 Å². The predicted octanol–water partition coefficient (Wildman–Crippen LogP) is 30.1. The van der Waals surface area contributed by atoms with Crippen molar-refractivity contribution in [1.82, 2.24) is 0 Å². The summed E-state index contributed by atoms with van der Waals surface area (Å²) in [6.07, 6.45) is 104. The molecule has 478 valence electrons. The van der Waals surface area contributed by atoms with Crippen molar-refractivity contribution in [3.63, 3.8) is 0 Å². The van der Waals surface area contributed by atoms with E-state index in [1.165, 1.54) is 398 Å². The molecule has 0 amide bonds. The maximum Gasteiger partial charge on any atom is -0.0320 e. The van der Waals surface area contributed by atoms with Crippen LogP contribution in [0.2, 0.25) is 0 Å². The van der Waals surface area contributed by atoms with E-state index in [1.807, 2.05) is 5.57 Å². The molecule has 0 rings (SSSR count). The van der Waals surface area contributed by atoms with Crippen molar-refractivity contribution >= 4 is 0 Å². The fraction of sp³-hybridized carbons (Fsp3) is 0.877. The van der Waals surface area contributed by atoms with Gasteiger partial charge in [0.25, 0.3) is 0 Å². The summed E-state index contributed by atoms with van der Waals surface area (Å²) < 4.78 is 0. The van der Waals surface area contributed by atoms with Gasteiger partial charge in [-0.25, -0.2) is 0 Å². The minimum atomic E-state index is 0.866. The van der Waals surface area contributed by atoms with Gasteiger partial charge in [0, 0.05) is 0 Å². The molecule has 0 bridgehead atoms. The average Bonchev–Trinajstić information content (AvgIpc) is 3.46. The van der Waals surface area contributed by atoms with Gasteiger partial charge in [0.05, 0.1) is 0 Å². The zero-order chi connectivity index (χ0) is 58.7.